The molecule has 3 aromatic rings. The van der Waals surface area contributed by atoms with Crippen molar-refractivity contribution in [3.05, 3.63) is 74.1 Å². The molecule has 1 amide bonds. The Kier molecular flexibility index (Phi) is 5.50. The van der Waals surface area contributed by atoms with Crippen LogP contribution in [-0.4, -0.2) is 27.5 Å². The largest absolute Gasteiger partial charge is 0.495 e. The molecule has 1 aromatic carbocycles. The van der Waals surface area contributed by atoms with Crippen molar-refractivity contribution in [3.8, 4) is 5.75 Å². The molecule has 0 aliphatic rings. The lowest BCUT2D eigenvalue weighted by molar-refractivity contribution is -0.385. The summed E-state index contributed by atoms with van der Waals surface area (Å²) in [4.78, 5) is 40.5. The van der Waals surface area contributed by atoms with Gasteiger partial charge in [-0.1, -0.05) is 12.1 Å². The quantitative estimate of drug-likeness (QED) is 0.465. The van der Waals surface area contributed by atoms with Gasteiger partial charge in [-0.3, -0.25) is 24.6 Å². The number of carbonyl (C=O) groups is 1. The molecule has 144 valence electrons. The Labute approximate surface area is 163 Å². The van der Waals surface area contributed by atoms with E-state index in [1.807, 2.05) is 0 Å². The van der Waals surface area contributed by atoms with Crippen molar-refractivity contribution in [2.24, 2.45) is 0 Å². The van der Waals surface area contributed by atoms with Gasteiger partial charge in [-0.25, -0.2) is 4.98 Å². The Hall–Kier alpha value is -3.53. The van der Waals surface area contributed by atoms with Crippen LogP contribution < -0.4 is 15.2 Å². The van der Waals surface area contributed by atoms with Crippen LogP contribution in [0.1, 0.15) is 12.6 Å². The lowest BCUT2D eigenvalue weighted by atomic mass is 10.2. The summed E-state index contributed by atoms with van der Waals surface area (Å²) in [5.41, 5.74) is 0.484. The number of hydrogen-bond acceptors (Lipinski definition) is 7. The number of amides is 1. The molecule has 0 saturated carbocycles. The van der Waals surface area contributed by atoms with Crippen LogP contribution in [0.3, 0.4) is 0 Å². The molecule has 10 heteroatoms. The average Bonchev–Trinajstić information content (AvgIpc) is 3.11. The second kappa shape index (κ2) is 8.01. The molecule has 0 aliphatic carbocycles. The topological polar surface area (TPSA) is 108 Å². The minimum atomic E-state index is -0.568. The minimum absolute atomic E-state index is 0.0503. The highest BCUT2D eigenvalue weighted by atomic mass is 32.1. The van der Waals surface area contributed by atoms with Crippen LogP contribution in [0.2, 0.25) is 0 Å². The van der Waals surface area contributed by atoms with Gasteiger partial charge in [-0.05, 0) is 12.1 Å². The zero-order chi connectivity index (χ0) is 20.3. The molecule has 9 nitrogen and oxygen atoms in total. The van der Waals surface area contributed by atoms with E-state index in [2.05, 4.69) is 4.98 Å². The summed E-state index contributed by atoms with van der Waals surface area (Å²) in [6, 6.07) is 9.36. The zero-order valence-electron chi connectivity index (χ0n) is 15.1. The lowest BCUT2D eigenvalue weighted by Crippen LogP contribution is -2.23. The third kappa shape index (κ3) is 3.91. The Morgan fingerprint density at radius 2 is 2.07 bits per heavy atom. The van der Waals surface area contributed by atoms with Crippen molar-refractivity contribution in [1.82, 2.24) is 9.55 Å². The SMILES string of the molecule is COc1ccccc1N(C(C)=O)c1nc(Cn2cc([N+](=O)[O-])ccc2=O)cs1. The van der Waals surface area contributed by atoms with E-state index in [0.717, 1.165) is 12.1 Å². The molecule has 0 N–H and O–H groups in total. The third-order valence-corrected chi connectivity index (χ3v) is 4.76. The first-order valence-corrected chi connectivity index (χ1v) is 9.01. The molecule has 0 aliphatic heterocycles. The molecule has 3 rings (SSSR count). The Bertz CT molecular complexity index is 1090. The highest BCUT2D eigenvalue weighted by molar-refractivity contribution is 7.14. The van der Waals surface area contributed by atoms with E-state index in [1.165, 1.54) is 41.0 Å². The average molecular weight is 400 g/mol. The molecule has 0 atom stereocenters. The molecule has 0 saturated heterocycles. The number of anilines is 2. The lowest BCUT2D eigenvalue weighted by Gasteiger charge is -2.20. The van der Waals surface area contributed by atoms with E-state index in [1.54, 1.807) is 29.6 Å². The predicted molar refractivity (Wildman–Crippen MR) is 104 cm³/mol. The van der Waals surface area contributed by atoms with Crippen LogP contribution in [-0.2, 0) is 11.3 Å². The smallest absolute Gasteiger partial charge is 0.285 e. The molecule has 0 radical (unpaired) electrons. The summed E-state index contributed by atoms with van der Waals surface area (Å²) in [6.07, 6.45) is 1.17. The molecular weight excluding hydrogens is 384 g/mol. The van der Waals surface area contributed by atoms with Gasteiger partial charge in [0.15, 0.2) is 5.13 Å². The normalized spacial score (nSPS) is 10.5. The summed E-state index contributed by atoms with van der Waals surface area (Å²) >= 11 is 1.22. The predicted octanol–water partition coefficient (Wildman–Crippen LogP) is 2.95. The number of nitro groups is 1. The van der Waals surface area contributed by atoms with E-state index in [-0.39, 0.29) is 23.7 Å². The minimum Gasteiger partial charge on any atom is -0.495 e. The maximum atomic E-state index is 12.3. The number of methoxy groups -OCH3 is 1. The van der Waals surface area contributed by atoms with Crippen molar-refractivity contribution >= 4 is 33.8 Å². The van der Waals surface area contributed by atoms with Gasteiger partial charge in [0.2, 0.25) is 5.91 Å². The van der Waals surface area contributed by atoms with Crippen LogP contribution >= 0.6 is 11.3 Å². The van der Waals surface area contributed by atoms with Crippen LogP contribution in [0, 0.1) is 10.1 Å². The van der Waals surface area contributed by atoms with E-state index < -0.39 is 4.92 Å². The van der Waals surface area contributed by atoms with Crippen molar-refractivity contribution in [2.45, 2.75) is 13.5 Å². The van der Waals surface area contributed by atoms with Crippen molar-refractivity contribution in [3.63, 3.8) is 0 Å². The van der Waals surface area contributed by atoms with Gasteiger partial charge < -0.3 is 9.30 Å². The van der Waals surface area contributed by atoms with Crippen LogP contribution in [0.5, 0.6) is 5.75 Å². The first-order valence-electron chi connectivity index (χ1n) is 8.13. The number of para-hydroxylation sites is 2. The third-order valence-electron chi connectivity index (χ3n) is 3.88. The molecule has 2 aromatic heterocycles. The molecule has 0 spiro atoms. The van der Waals surface area contributed by atoms with Gasteiger partial charge in [0.25, 0.3) is 11.2 Å². The van der Waals surface area contributed by atoms with Crippen molar-refractivity contribution in [2.75, 3.05) is 12.0 Å². The maximum Gasteiger partial charge on any atom is 0.285 e. The number of carbonyl (C=O) groups excluding carboxylic acids is 1. The van der Waals surface area contributed by atoms with E-state index >= 15 is 0 Å². The molecular formula is C18H16N4O5S. The summed E-state index contributed by atoms with van der Waals surface area (Å²) in [6.45, 7) is 1.47. The Balaban J connectivity index is 1.94. The molecule has 0 unspecified atom stereocenters. The molecule has 28 heavy (non-hydrogen) atoms. The highest BCUT2D eigenvalue weighted by Crippen LogP contribution is 2.35. The molecule has 0 bridgehead atoms. The Morgan fingerprint density at radius 3 is 2.75 bits per heavy atom. The van der Waals surface area contributed by atoms with Gasteiger partial charge in [-0.2, -0.15) is 0 Å². The van der Waals surface area contributed by atoms with Crippen LogP contribution in [0.4, 0.5) is 16.5 Å². The second-order valence-electron chi connectivity index (χ2n) is 5.76. The fourth-order valence-electron chi connectivity index (χ4n) is 2.62. The van der Waals surface area contributed by atoms with Crippen LogP contribution in [0.15, 0.2) is 52.8 Å². The number of nitrogens with zero attached hydrogens (tertiary/aromatic N) is 4. The van der Waals surface area contributed by atoms with E-state index in [0.29, 0.717) is 22.3 Å². The van der Waals surface area contributed by atoms with Gasteiger partial charge >= 0.3 is 0 Å². The van der Waals surface area contributed by atoms with Crippen molar-refractivity contribution in [1.29, 1.82) is 0 Å². The fourth-order valence-corrected chi connectivity index (χ4v) is 3.49. The first kappa shape index (κ1) is 19.2. The van der Waals surface area contributed by atoms with Crippen molar-refractivity contribution < 1.29 is 14.5 Å². The summed E-state index contributed by atoms with van der Waals surface area (Å²) < 4.78 is 6.53. The standard InChI is InChI=1S/C18H16N4O5S/c1-12(23)21(15-5-3-4-6-16(15)27-2)18-19-13(11-28-18)9-20-10-14(22(25)26)7-8-17(20)24/h3-8,10-11H,9H2,1-2H3. The summed E-state index contributed by atoms with van der Waals surface area (Å²) in [5.74, 6) is 0.266. The maximum absolute atomic E-state index is 12.3. The highest BCUT2D eigenvalue weighted by Gasteiger charge is 2.21. The number of aromatic nitrogens is 2. The monoisotopic (exact) mass is 400 g/mol. The number of thiazole rings is 1. The van der Waals surface area contributed by atoms with E-state index in [4.69, 9.17) is 4.74 Å². The summed E-state index contributed by atoms with van der Waals surface area (Å²) in [7, 11) is 1.51. The molecule has 2 heterocycles. The number of benzene rings is 1. The second-order valence-corrected chi connectivity index (χ2v) is 6.59. The van der Waals surface area contributed by atoms with Gasteiger partial charge in [0, 0.05) is 24.4 Å². The fraction of sp³-hybridized carbons (Fsp3) is 0.167. The molecule has 0 fully saturated rings. The number of pyridine rings is 1. The van der Waals surface area contributed by atoms with Crippen LogP contribution in [0.25, 0.3) is 0 Å². The zero-order valence-corrected chi connectivity index (χ0v) is 15.9. The summed E-state index contributed by atoms with van der Waals surface area (Å²) in [5, 5.41) is 13.0. The van der Waals surface area contributed by atoms with Gasteiger partial charge in [0.05, 0.1) is 36.2 Å². The first-order chi connectivity index (χ1) is 13.4. The van der Waals surface area contributed by atoms with Gasteiger partial charge in [0.1, 0.15) is 5.75 Å². The number of hydrogen-bond donors (Lipinski definition) is 0. The number of rotatable bonds is 6. The number of ether oxygens (including phenoxy) is 1. The van der Waals surface area contributed by atoms with E-state index in [9.17, 15) is 19.7 Å². The van der Waals surface area contributed by atoms with Gasteiger partial charge in [-0.15, -0.1) is 11.3 Å². The Morgan fingerprint density at radius 1 is 1.32 bits per heavy atom.